The molecule has 0 aromatic carbocycles. The number of nitrogens with two attached hydrogens (primary N) is 1. The molecule has 6 atom stereocenters. The van der Waals surface area contributed by atoms with E-state index in [1.54, 1.807) is 5.48 Å². The maximum absolute atomic E-state index is 12.0. The molecule has 2 rings (SSSR count). The van der Waals surface area contributed by atoms with E-state index in [9.17, 15) is 24.9 Å². The molecule has 2 heterocycles. The maximum atomic E-state index is 12.0. The molecule has 140 valence electrons. The number of aromatic nitrogens is 2. The third-order valence-electron chi connectivity index (χ3n) is 3.57. The minimum Gasteiger partial charge on any atom is -0.462 e. The molecule has 1 aromatic heterocycles. The molecule has 0 saturated carbocycles. The highest BCUT2D eigenvalue weighted by atomic mass is 16.6. The fraction of sp³-hybridized carbons (Fsp3) is 0.615. The van der Waals surface area contributed by atoms with E-state index < -0.39 is 54.9 Å². The van der Waals surface area contributed by atoms with E-state index in [1.807, 2.05) is 0 Å². The van der Waals surface area contributed by atoms with Crippen molar-refractivity contribution in [3.63, 3.8) is 0 Å². The van der Waals surface area contributed by atoms with Gasteiger partial charge in [0.25, 0.3) is 0 Å². The summed E-state index contributed by atoms with van der Waals surface area (Å²) in [5.41, 5.74) is 6.01. The van der Waals surface area contributed by atoms with Crippen LogP contribution in [0.4, 0.5) is 5.82 Å². The zero-order valence-electron chi connectivity index (χ0n) is 14.1. The predicted octanol–water partition coefficient (Wildman–Crippen LogP) is -3.09. The van der Waals surface area contributed by atoms with Crippen LogP contribution in [0.3, 0.4) is 0 Å². The van der Waals surface area contributed by atoms with Crippen LogP contribution in [-0.2, 0) is 14.3 Å². The van der Waals surface area contributed by atoms with E-state index in [-0.39, 0.29) is 5.82 Å². The molecule has 0 amide bonds. The zero-order chi connectivity index (χ0) is 19.6. The van der Waals surface area contributed by atoms with Crippen molar-refractivity contribution in [2.75, 3.05) is 12.1 Å². The molecule has 1 fully saturated rings. The van der Waals surface area contributed by atoms with E-state index in [4.69, 9.17) is 21.8 Å². The van der Waals surface area contributed by atoms with Crippen LogP contribution in [0.1, 0.15) is 14.5 Å². The topological polar surface area (TPSA) is 189 Å². The van der Waals surface area contributed by atoms with Gasteiger partial charge in [-0.1, -0.05) is 0 Å². The number of ether oxygens (including phenoxy) is 2. The average Bonchev–Trinajstić information content (AvgIpc) is 2.83. The largest absolute Gasteiger partial charge is 0.462 e. The van der Waals surface area contributed by atoms with Crippen LogP contribution >= 0.6 is 0 Å². The Labute approximate surface area is 142 Å². The van der Waals surface area contributed by atoms with E-state index in [2.05, 4.69) is 4.98 Å². The minimum atomic E-state index is -2.44. The molecule has 1 aliphatic rings. The molecule has 0 radical (unpaired) electrons. The van der Waals surface area contributed by atoms with Gasteiger partial charge in [0.2, 0.25) is 0 Å². The summed E-state index contributed by atoms with van der Waals surface area (Å²) in [4.78, 5) is 27.0. The molecule has 1 aliphatic heterocycles. The second kappa shape index (κ2) is 7.86. The third-order valence-corrected chi connectivity index (χ3v) is 3.57. The predicted molar refractivity (Wildman–Crippen MR) is 80.4 cm³/mol. The average molecular weight is 361 g/mol. The minimum absolute atomic E-state index is 0.194. The second-order valence-electron chi connectivity index (χ2n) is 5.40. The monoisotopic (exact) mass is 361 g/mol. The SMILES string of the molecule is [2H][C@@]1(n2ccc(NO)nc2=O)O[C@H](COC(=O)[C@H](N)[C@H](C)O)[C@@H](O)[C@H]1O. The first-order chi connectivity index (χ1) is 12.1. The Bertz CT molecular complexity index is 716. The molecule has 0 spiro atoms. The summed E-state index contributed by atoms with van der Waals surface area (Å²) >= 11 is 0. The lowest BCUT2D eigenvalue weighted by Gasteiger charge is -2.18. The molecule has 0 unspecified atom stereocenters. The van der Waals surface area contributed by atoms with Gasteiger partial charge in [0.1, 0.15) is 31.0 Å². The number of carbonyl (C=O) groups excluding carboxylic acids is 1. The standard InChI is InChI=1S/C13H20N4O8/c1-5(18)8(14)12(21)24-4-6-9(19)10(20)11(25-6)17-3-2-7(16-23)15-13(17)22/h2-3,5-6,8-11,18-20,23H,4,14H2,1H3,(H,15,16,22)/t5-,6+,8+,9+,10+,11+/m0/s1/i11D. The van der Waals surface area contributed by atoms with Gasteiger partial charge < -0.3 is 30.5 Å². The van der Waals surface area contributed by atoms with Gasteiger partial charge in [0.05, 0.1) is 7.47 Å². The maximum Gasteiger partial charge on any atom is 0.351 e. The van der Waals surface area contributed by atoms with Crippen LogP contribution in [0.2, 0.25) is 0 Å². The number of aliphatic hydroxyl groups is 3. The number of aliphatic hydroxyl groups excluding tert-OH is 3. The molecule has 12 nitrogen and oxygen atoms in total. The Morgan fingerprint density at radius 2 is 2.28 bits per heavy atom. The highest BCUT2D eigenvalue weighted by molar-refractivity contribution is 5.76. The summed E-state index contributed by atoms with van der Waals surface area (Å²) in [6.07, 6.45) is -7.46. The highest BCUT2D eigenvalue weighted by Crippen LogP contribution is 2.28. The van der Waals surface area contributed by atoms with Crippen molar-refractivity contribution >= 4 is 11.8 Å². The van der Waals surface area contributed by atoms with Gasteiger partial charge in [-0.05, 0) is 13.0 Å². The van der Waals surface area contributed by atoms with Gasteiger partial charge in [-0.2, -0.15) is 4.98 Å². The van der Waals surface area contributed by atoms with Crippen molar-refractivity contribution < 1.29 is 36.2 Å². The first-order valence-corrected chi connectivity index (χ1v) is 7.26. The van der Waals surface area contributed by atoms with Crippen LogP contribution in [-0.4, -0.2) is 73.1 Å². The van der Waals surface area contributed by atoms with Gasteiger partial charge in [0.15, 0.2) is 12.0 Å². The lowest BCUT2D eigenvalue weighted by atomic mass is 10.1. The van der Waals surface area contributed by atoms with Crippen molar-refractivity contribution in [3.8, 4) is 0 Å². The fourth-order valence-electron chi connectivity index (χ4n) is 2.07. The third kappa shape index (κ3) is 4.12. The Morgan fingerprint density at radius 3 is 2.84 bits per heavy atom. The first-order valence-electron chi connectivity index (χ1n) is 7.76. The van der Waals surface area contributed by atoms with E-state index >= 15 is 0 Å². The van der Waals surface area contributed by atoms with Gasteiger partial charge in [-0.15, -0.1) is 0 Å². The quantitative estimate of drug-likeness (QED) is 0.222. The van der Waals surface area contributed by atoms with Crippen molar-refractivity contribution in [1.29, 1.82) is 0 Å². The summed E-state index contributed by atoms with van der Waals surface area (Å²) < 4.78 is 18.8. The molecule has 25 heavy (non-hydrogen) atoms. The van der Waals surface area contributed by atoms with Crippen molar-refractivity contribution in [3.05, 3.63) is 22.7 Å². The van der Waals surface area contributed by atoms with Crippen LogP contribution in [0.5, 0.6) is 0 Å². The van der Waals surface area contributed by atoms with Crippen molar-refractivity contribution in [1.82, 2.24) is 9.55 Å². The van der Waals surface area contributed by atoms with Gasteiger partial charge in [-0.25, -0.2) is 4.79 Å². The molecular weight excluding hydrogens is 340 g/mol. The van der Waals surface area contributed by atoms with E-state index in [0.717, 1.165) is 12.3 Å². The molecule has 1 aromatic rings. The summed E-state index contributed by atoms with van der Waals surface area (Å²) in [7, 11) is 0. The second-order valence-corrected chi connectivity index (χ2v) is 5.40. The van der Waals surface area contributed by atoms with Crippen molar-refractivity contribution in [2.45, 2.75) is 43.6 Å². The lowest BCUT2D eigenvalue weighted by Crippen LogP contribution is -2.43. The van der Waals surface area contributed by atoms with E-state index in [0.29, 0.717) is 4.57 Å². The Kier molecular flexibility index (Phi) is 5.57. The Hall–Kier alpha value is -2.09. The number of hydrogen-bond acceptors (Lipinski definition) is 11. The van der Waals surface area contributed by atoms with Crippen LogP contribution in [0.15, 0.2) is 17.1 Å². The Balaban J connectivity index is 2.16. The smallest absolute Gasteiger partial charge is 0.351 e. The summed E-state index contributed by atoms with van der Waals surface area (Å²) in [6, 6.07) is -0.181. The summed E-state index contributed by atoms with van der Waals surface area (Å²) in [6.45, 7) is 0.715. The number of hydrogen-bond donors (Lipinski definition) is 6. The first kappa shape index (κ1) is 17.7. The molecule has 0 aliphatic carbocycles. The number of anilines is 1. The molecule has 0 bridgehead atoms. The van der Waals surface area contributed by atoms with Crippen molar-refractivity contribution in [2.24, 2.45) is 5.73 Å². The fourth-order valence-corrected chi connectivity index (χ4v) is 2.07. The number of carbonyl (C=O) groups is 1. The Morgan fingerprint density at radius 1 is 1.60 bits per heavy atom. The molecule has 7 N–H and O–H groups in total. The van der Waals surface area contributed by atoms with Gasteiger partial charge in [0, 0.05) is 6.20 Å². The van der Waals surface area contributed by atoms with Gasteiger partial charge >= 0.3 is 11.7 Å². The summed E-state index contributed by atoms with van der Waals surface area (Å²) in [5.74, 6) is -1.16. The van der Waals surface area contributed by atoms with Crippen LogP contribution < -0.4 is 16.9 Å². The molecule has 1 saturated heterocycles. The summed E-state index contributed by atoms with van der Waals surface area (Å²) in [5, 5.41) is 38.1. The van der Waals surface area contributed by atoms with E-state index in [1.165, 1.54) is 6.92 Å². The highest BCUT2D eigenvalue weighted by Gasteiger charge is 2.45. The number of rotatable bonds is 6. The van der Waals surface area contributed by atoms with Crippen LogP contribution in [0.25, 0.3) is 0 Å². The normalized spacial score (nSPS) is 31.9. The number of nitrogens with zero attached hydrogens (tertiary/aromatic N) is 2. The van der Waals surface area contributed by atoms with Crippen LogP contribution in [0, 0.1) is 0 Å². The molecule has 12 heteroatoms. The zero-order valence-corrected chi connectivity index (χ0v) is 13.1. The number of nitrogens with one attached hydrogen (secondary N) is 1. The number of esters is 1. The van der Waals surface area contributed by atoms with Gasteiger partial charge in [-0.3, -0.25) is 20.0 Å². The lowest BCUT2D eigenvalue weighted by molar-refractivity contribution is -0.154. The molecular formula is C13H20N4O8.